The maximum Gasteiger partial charge on any atom is 0.255 e. The second kappa shape index (κ2) is 12.2. The van der Waals surface area contributed by atoms with Gasteiger partial charge < -0.3 is 20.1 Å². The van der Waals surface area contributed by atoms with E-state index in [1.54, 1.807) is 59.7 Å². The third-order valence-electron chi connectivity index (χ3n) is 6.71. The van der Waals surface area contributed by atoms with Gasteiger partial charge in [0.25, 0.3) is 15.9 Å². The smallest absolute Gasteiger partial charge is 0.255 e. The summed E-state index contributed by atoms with van der Waals surface area (Å²) in [7, 11) is -2.21. The van der Waals surface area contributed by atoms with Crippen molar-refractivity contribution in [3.05, 3.63) is 71.4 Å². The minimum Gasteiger partial charge on any atom is -0.488 e. The molecule has 0 bridgehead atoms. The first-order valence-corrected chi connectivity index (χ1v) is 14.8. The van der Waals surface area contributed by atoms with Gasteiger partial charge in [0, 0.05) is 48.7 Å². The van der Waals surface area contributed by atoms with E-state index in [1.165, 1.54) is 23.7 Å². The van der Waals surface area contributed by atoms with Crippen LogP contribution < -0.4 is 10.1 Å². The van der Waals surface area contributed by atoms with E-state index in [-0.39, 0.29) is 48.1 Å². The number of thiophene rings is 1. The van der Waals surface area contributed by atoms with E-state index < -0.39 is 22.2 Å². The second-order valence-corrected chi connectivity index (χ2v) is 12.8. The summed E-state index contributed by atoms with van der Waals surface area (Å²) in [4.78, 5) is 31.6. The molecule has 39 heavy (non-hydrogen) atoms. The molecule has 1 aliphatic rings. The van der Waals surface area contributed by atoms with Gasteiger partial charge in [-0.05, 0) is 48.7 Å². The first-order valence-electron chi connectivity index (χ1n) is 12.5. The average Bonchev–Trinajstić information content (AvgIpc) is 3.49. The van der Waals surface area contributed by atoms with Crippen molar-refractivity contribution in [1.82, 2.24) is 14.2 Å². The van der Waals surface area contributed by atoms with Crippen LogP contribution in [0.2, 0.25) is 0 Å². The molecule has 0 radical (unpaired) electrons. The normalized spacial score (nSPS) is 18.9. The Morgan fingerprint density at radius 2 is 2.03 bits per heavy atom. The van der Waals surface area contributed by atoms with Crippen molar-refractivity contribution < 1.29 is 27.9 Å². The highest BCUT2D eigenvalue weighted by Crippen LogP contribution is 2.30. The summed E-state index contributed by atoms with van der Waals surface area (Å²) in [6.07, 6.45) is 2.44. The molecule has 208 valence electrons. The number of anilines is 1. The van der Waals surface area contributed by atoms with Crippen LogP contribution in [0.5, 0.6) is 5.75 Å². The molecular formula is C27H32N4O6S2. The molecule has 2 aromatic heterocycles. The number of sulfonamides is 1. The van der Waals surface area contributed by atoms with Crippen LogP contribution in [0.4, 0.5) is 5.69 Å². The monoisotopic (exact) mass is 572 g/mol. The predicted molar refractivity (Wildman–Crippen MR) is 148 cm³/mol. The number of aromatic nitrogens is 1. The van der Waals surface area contributed by atoms with Gasteiger partial charge in [-0.3, -0.25) is 14.6 Å². The summed E-state index contributed by atoms with van der Waals surface area (Å²) in [5.41, 5.74) is 1.47. The molecule has 3 atom stereocenters. The standard InChI is InChI=1S/C27H32N4O6S2/c1-18-15-31(19(2)17-32)25(33)14-21-13-22(29-27(34)20-8-10-28-11-9-20)6-7-23(21)37-24(18)16-30(3)39(35,36)26-5-4-12-38-26/h4-13,18-19,24,32H,14-17H2,1-3H3,(H,29,34)/t18-,19-,24-/m1/s1. The first kappa shape index (κ1) is 28.7. The molecule has 0 unspecified atom stereocenters. The van der Waals surface area contributed by atoms with Crippen molar-refractivity contribution in [3.8, 4) is 5.75 Å². The highest BCUT2D eigenvalue weighted by molar-refractivity contribution is 7.91. The summed E-state index contributed by atoms with van der Waals surface area (Å²) in [6.45, 7) is 3.77. The highest BCUT2D eigenvalue weighted by Gasteiger charge is 2.33. The number of hydrogen-bond acceptors (Lipinski definition) is 8. The van der Waals surface area contributed by atoms with Crippen LogP contribution in [0, 0.1) is 5.92 Å². The zero-order chi connectivity index (χ0) is 28.2. The summed E-state index contributed by atoms with van der Waals surface area (Å²) in [6, 6.07) is 11.1. The lowest BCUT2D eigenvalue weighted by molar-refractivity contribution is -0.134. The number of amides is 2. The lowest BCUT2D eigenvalue weighted by atomic mass is 10.0. The molecule has 3 heterocycles. The first-order chi connectivity index (χ1) is 18.6. The summed E-state index contributed by atoms with van der Waals surface area (Å²) in [5.74, 6) is -0.357. The number of hydrogen-bond donors (Lipinski definition) is 2. The molecule has 0 fully saturated rings. The van der Waals surface area contributed by atoms with Crippen molar-refractivity contribution in [2.24, 2.45) is 5.92 Å². The summed E-state index contributed by atoms with van der Waals surface area (Å²) < 4.78 is 34.1. The molecule has 2 amide bonds. The van der Waals surface area contributed by atoms with Gasteiger partial charge in [0.05, 0.1) is 25.6 Å². The van der Waals surface area contributed by atoms with Gasteiger partial charge in [-0.1, -0.05) is 13.0 Å². The maximum atomic E-state index is 13.4. The molecule has 0 aliphatic carbocycles. The van der Waals surface area contributed by atoms with Crippen LogP contribution in [0.15, 0.2) is 64.4 Å². The van der Waals surface area contributed by atoms with Gasteiger partial charge in [0.1, 0.15) is 16.1 Å². The summed E-state index contributed by atoms with van der Waals surface area (Å²) >= 11 is 1.14. The number of carbonyl (C=O) groups is 2. The number of fused-ring (bicyclic) bond motifs is 1. The Balaban J connectivity index is 1.65. The predicted octanol–water partition coefficient (Wildman–Crippen LogP) is 2.87. The molecule has 10 nitrogen and oxygen atoms in total. The number of likely N-dealkylation sites (N-methyl/N-ethyl adjacent to an activating group) is 1. The SMILES string of the molecule is C[C@@H]1CN([C@H](C)CO)C(=O)Cc2cc(NC(=O)c3ccncc3)ccc2O[C@@H]1CN(C)S(=O)(=O)c1cccs1. The van der Waals surface area contributed by atoms with Gasteiger partial charge in [-0.2, -0.15) is 4.31 Å². The fourth-order valence-electron chi connectivity index (χ4n) is 4.35. The molecule has 12 heteroatoms. The van der Waals surface area contributed by atoms with Gasteiger partial charge in [-0.25, -0.2) is 8.42 Å². The van der Waals surface area contributed by atoms with Crippen molar-refractivity contribution in [1.29, 1.82) is 0 Å². The maximum absolute atomic E-state index is 13.4. The average molecular weight is 573 g/mol. The molecule has 4 rings (SSSR count). The Morgan fingerprint density at radius 1 is 1.28 bits per heavy atom. The minimum atomic E-state index is -3.72. The van der Waals surface area contributed by atoms with Crippen LogP contribution in [-0.4, -0.2) is 78.4 Å². The number of carbonyl (C=O) groups excluding carboxylic acids is 2. The number of pyridine rings is 1. The van der Waals surface area contributed by atoms with E-state index in [4.69, 9.17) is 4.74 Å². The van der Waals surface area contributed by atoms with Crippen molar-refractivity contribution in [2.75, 3.05) is 32.1 Å². The fraction of sp³-hybridized carbons (Fsp3) is 0.370. The van der Waals surface area contributed by atoms with Crippen LogP contribution >= 0.6 is 11.3 Å². The Morgan fingerprint density at radius 3 is 2.69 bits per heavy atom. The largest absolute Gasteiger partial charge is 0.488 e. The van der Waals surface area contributed by atoms with E-state index in [2.05, 4.69) is 10.3 Å². The number of benzene rings is 1. The van der Waals surface area contributed by atoms with Crippen LogP contribution in [-0.2, 0) is 21.2 Å². The van der Waals surface area contributed by atoms with Crippen molar-refractivity contribution >= 4 is 38.9 Å². The Hall–Kier alpha value is -3.32. The lowest BCUT2D eigenvalue weighted by Gasteiger charge is -2.33. The number of rotatable bonds is 8. The minimum absolute atomic E-state index is 0.0125. The topological polar surface area (TPSA) is 129 Å². The zero-order valence-electron chi connectivity index (χ0n) is 22.0. The molecule has 0 spiro atoms. The van der Waals surface area contributed by atoms with Gasteiger partial charge in [0.2, 0.25) is 5.91 Å². The van der Waals surface area contributed by atoms with Crippen LogP contribution in [0.25, 0.3) is 0 Å². The van der Waals surface area contributed by atoms with Gasteiger partial charge in [-0.15, -0.1) is 11.3 Å². The number of aliphatic hydroxyl groups excluding tert-OH is 1. The second-order valence-electron chi connectivity index (χ2n) is 9.62. The zero-order valence-corrected chi connectivity index (χ0v) is 23.6. The number of nitrogens with one attached hydrogen (secondary N) is 1. The van der Waals surface area contributed by atoms with Gasteiger partial charge >= 0.3 is 0 Å². The number of aliphatic hydroxyl groups is 1. The molecule has 0 saturated carbocycles. The molecular weight excluding hydrogens is 540 g/mol. The van der Waals surface area contributed by atoms with E-state index >= 15 is 0 Å². The number of ether oxygens (including phenoxy) is 1. The highest BCUT2D eigenvalue weighted by atomic mass is 32.2. The van der Waals surface area contributed by atoms with Crippen molar-refractivity contribution in [3.63, 3.8) is 0 Å². The third kappa shape index (κ3) is 6.64. The van der Waals surface area contributed by atoms with Gasteiger partial charge in [0.15, 0.2) is 0 Å². The van der Waals surface area contributed by atoms with Crippen molar-refractivity contribution in [2.45, 2.75) is 36.6 Å². The van der Waals surface area contributed by atoms with Crippen LogP contribution in [0.3, 0.4) is 0 Å². The lowest BCUT2D eigenvalue weighted by Crippen LogP contribution is -2.48. The molecule has 1 aliphatic heterocycles. The van der Waals surface area contributed by atoms with Crippen LogP contribution in [0.1, 0.15) is 29.8 Å². The molecule has 0 saturated heterocycles. The Labute approximate surface area is 232 Å². The quantitative estimate of drug-likeness (QED) is 0.425. The molecule has 3 aromatic rings. The Kier molecular flexibility index (Phi) is 9.01. The third-order valence-corrected chi connectivity index (χ3v) is 9.91. The fourth-order valence-corrected chi connectivity index (χ4v) is 6.73. The summed E-state index contributed by atoms with van der Waals surface area (Å²) in [5, 5.41) is 14.4. The van der Waals surface area contributed by atoms with E-state index in [0.717, 1.165) is 11.3 Å². The van der Waals surface area contributed by atoms with E-state index in [1.807, 2.05) is 6.92 Å². The Bertz CT molecular complexity index is 1400. The molecule has 1 aromatic carbocycles. The molecule has 2 N–H and O–H groups in total. The van der Waals surface area contributed by atoms with E-state index in [0.29, 0.717) is 22.6 Å². The van der Waals surface area contributed by atoms with E-state index in [9.17, 15) is 23.1 Å². The number of nitrogens with zero attached hydrogens (tertiary/aromatic N) is 3.